The molecule has 1 aromatic heterocycles. The highest BCUT2D eigenvalue weighted by Crippen LogP contribution is 2.19. The van der Waals surface area contributed by atoms with Crippen LogP contribution in [0, 0.1) is 6.92 Å². The van der Waals surface area contributed by atoms with Crippen molar-refractivity contribution in [3.8, 4) is 0 Å². The van der Waals surface area contributed by atoms with E-state index in [1.165, 1.54) is 5.56 Å². The van der Waals surface area contributed by atoms with E-state index in [2.05, 4.69) is 40.3 Å². The number of hydrogen-bond donors (Lipinski definition) is 1. The van der Waals surface area contributed by atoms with Gasteiger partial charge in [-0.3, -0.25) is 4.79 Å². The first-order valence-corrected chi connectivity index (χ1v) is 7.91. The molecule has 1 heterocycles. The van der Waals surface area contributed by atoms with E-state index in [1.807, 2.05) is 42.1 Å². The molecule has 2 aromatic rings. The molecule has 0 aliphatic heterocycles. The first kappa shape index (κ1) is 15.7. The maximum absolute atomic E-state index is 12.1. The standard InChI is InChI=1S/C17H19BrN2O/c1-3-4-14-7-9-20(10-8-14)12-17(21)19-16-6-5-15(18)11-13(16)2/h5-11H,3-4,12H2,1-2H3/p+1. The molecule has 0 spiro atoms. The summed E-state index contributed by atoms with van der Waals surface area (Å²) in [7, 11) is 0. The third kappa shape index (κ3) is 4.67. The molecular weight excluding hydrogens is 328 g/mol. The summed E-state index contributed by atoms with van der Waals surface area (Å²) >= 11 is 3.42. The number of aromatic nitrogens is 1. The van der Waals surface area contributed by atoms with E-state index in [-0.39, 0.29) is 5.91 Å². The van der Waals surface area contributed by atoms with Crippen molar-refractivity contribution >= 4 is 27.5 Å². The maximum Gasteiger partial charge on any atom is 0.290 e. The molecule has 0 saturated heterocycles. The van der Waals surface area contributed by atoms with Gasteiger partial charge in [0.05, 0.1) is 0 Å². The molecular formula is C17H20BrN2O+. The number of amides is 1. The van der Waals surface area contributed by atoms with Crippen molar-refractivity contribution in [2.75, 3.05) is 5.32 Å². The topological polar surface area (TPSA) is 33.0 Å². The molecule has 0 aliphatic carbocycles. The van der Waals surface area contributed by atoms with Crippen LogP contribution in [0.1, 0.15) is 24.5 Å². The van der Waals surface area contributed by atoms with Crippen LogP contribution in [-0.2, 0) is 17.8 Å². The van der Waals surface area contributed by atoms with Gasteiger partial charge in [-0.05, 0) is 42.7 Å². The summed E-state index contributed by atoms with van der Waals surface area (Å²) in [4.78, 5) is 12.1. The number of rotatable bonds is 5. The SMILES string of the molecule is CCCc1cc[n+](CC(=O)Nc2ccc(Br)cc2C)cc1. The van der Waals surface area contributed by atoms with Crippen molar-refractivity contribution in [3.05, 3.63) is 58.3 Å². The Morgan fingerprint density at radius 3 is 2.57 bits per heavy atom. The summed E-state index contributed by atoms with van der Waals surface area (Å²) in [5.74, 6) is -0.0198. The van der Waals surface area contributed by atoms with Gasteiger partial charge in [-0.15, -0.1) is 0 Å². The molecule has 0 unspecified atom stereocenters. The molecule has 0 atom stereocenters. The second-order valence-corrected chi connectivity index (χ2v) is 6.05. The van der Waals surface area contributed by atoms with E-state index in [4.69, 9.17) is 0 Å². The van der Waals surface area contributed by atoms with Crippen LogP contribution in [0.2, 0.25) is 0 Å². The number of halogens is 1. The average Bonchev–Trinajstić information content (AvgIpc) is 2.44. The number of pyridine rings is 1. The molecule has 0 bridgehead atoms. The minimum atomic E-state index is -0.0198. The minimum Gasteiger partial charge on any atom is -0.320 e. The van der Waals surface area contributed by atoms with Crippen molar-refractivity contribution in [2.45, 2.75) is 33.2 Å². The first-order chi connectivity index (χ1) is 10.1. The lowest BCUT2D eigenvalue weighted by molar-refractivity contribution is -0.684. The Labute approximate surface area is 134 Å². The second kappa shape index (κ2) is 7.36. The average molecular weight is 348 g/mol. The largest absolute Gasteiger partial charge is 0.320 e. The van der Waals surface area contributed by atoms with Gasteiger partial charge in [0.15, 0.2) is 12.4 Å². The molecule has 21 heavy (non-hydrogen) atoms. The van der Waals surface area contributed by atoms with Gasteiger partial charge in [0, 0.05) is 22.3 Å². The predicted molar refractivity (Wildman–Crippen MR) is 88.1 cm³/mol. The summed E-state index contributed by atoms with van der Waals surface area (Å²) < 4.78 is 2.90. The number of carbonyl (C=O) groups is 1. The number of hydrogen-bond acceptors (Lipinski definition) is 1. The molecule has 2 rings (SSSR count). The molecule has 1 aromatic carbocycles. The maximum atomic E-state index is 12.1. The van der Waals surface area contributed by atoms with E-state index in [0.717, 1.165) is 28.6 Å². The van der Waals surface area contributed by atoms with Crippen LogP contribution in [0.4, 0.5) is 5.69 Å². The Kier molecular flexibility index (Phi) is 5.51. The van der Waals surface area contributed by atoms with E-state index >= 15 is 0 Å². The van der Waals surface area contributed by atoms with Crippen molar-refractivity contribution in [1.82, 2.24) is 0 Å². The van der Waals surface area contributed by atoms with E-state index in [9.17, 15) is 4.79 Å². The van der Waals surface area contributed by atoms with Crippen molar-refractivity contribution in [2.24, 2.45) is 0 Å². The second-order valence-electron chi connectivity index (χ2n) is 5.14. The Hall–Kier alpha value is -1.68. The zero-order chi connectivity index (χ0) is 15.2. The number of benzene rings is 1. The summed E-state index contributed by atoms with van der Waals surface area (Å²) in [6.07, 6.45) is 6.12. The third-order valence-corrected chi connectivity index (χ3v) is 3.78. The lowest BCUT2D eigenvalue weighted by atomic mass is 10.1. The molecule has 3 nitrogen and oxygen atoms in total. The Balaban J connectivity index is 1.98. The third-order valence-electron chi connectivity index (χ3n) is 3.29. The van der Waals surface area contributed by atoms with Crippen LogP contribution in [-0.4, -0.2) is 5.91 Å². The molecule has 0 aliphatic rings. The van der Waals surface area contributed by atoms with Gasteiger partial charge in [0.1, 0.15) is 0 Å². The number of nitrogens with one attached hydrogen (secondary N) is 1. The molecule has 0 saturated carbocycles. The van der Waals surface area contributed by atoms with Gasteiger partial charge in [0.25, 0.3) is 5.91 Å². The van der Waals surface area contributed by atoms with Crippen LogP contribution >= 0.6 is 15.9 Å². The zero-order valence-corrected chi connectivity index (χ0v) is 14.0. The Bertz CT molecular complexity index is 623. The van der Waals surface area contributed by atoms with Gasteiger partial charge in [-0.2, -0.15) is 4.57 Å². The van der Waals surface area contributed by atoms with Gasteiger partial charge >= 0.3 is 0 Å². The Morgan fingerprint density at radius 2 is 1.95 bits per heavy atom. The highest BCUT2D eigenvalue weighted by Gasteiger charge is 2.10. The number of carbonyl (C=O) groups excluding carboxylic acids is 1. The fourth-order valence-electron chi connectivity index (χ4n) is 2.17. The van der Waals surface area contributed by atoms with Gasteiger partial charge < -0.3 is 5.32 Å². The summed E-state index contributed by atoms with van der Waals surface area (Å²) in [5, 5.41) is 2.95. The molecule has 1 N–H and O–H groups in total. The van der Waals surface area contributed by atoms with E-state index < -0.39 is 0 Å². The summed E-state index contributed by atoms with van der Waals surface area (Å²) in [6.45, 7) is 4.46. The monoisotopic (exact) mass is 347 g/mol. The molecule has 4 heteroatoms. The normalized spacial score (nSPS) is 10.4. The lowest BCUT2D eigenvalue weighted by Crippen LogP contribution is -2.39. The van der Waals surface area contributed by atoms with Crippen molar-refractivity contribution in [1.29, 1.82) is 0 Å². The fraction of sp³-hybridized carbons (Fsp3) is 0.294. The molecule has 110 valence electrons. The quantitative estimate of drug-likeness (QED) is 0.823. The number of anilines is 1. The number of nitrogens with zero attached hydrogens (tertiary/aromatic N) is 1. The zero-order valence-electron chi connectivity index (χ0n) is 12.4. The summed E-state index contributed by atoms with van der Waals surface area (Å²) in [6, 6.07) is 9.97. The van der Waals surface area contributed by atoms with Crippen LogP contribution in [0.25, 0.3) is 0 Å². The van der Waals surface area contributed by atoms with Crippen LogP contribution in [0.5, 0.6) is 0 Å². The smallest absolute Gasteiger partial charge is 0.290 e. The highest BCUT2D eigenvalue weighted by molar-refractivity contribution is 9.10. The van der Waals surface area contributed by atoms with Crippen LogP contribution in [0.15, 0.2) is 47.2 Å². The molecule has 0 fully saturated rings. The Morgan fingerprint density at radius 1 is 1.24 bits per heavy atom. The van der Waals surface area contributed by atoms with Crippen molar-refractivity contribution < 1.29 is 9.36 Å². The van der Waals surface area contributed by atoms with Gasteiger partial charge in [0.2, 0.25) is 6.54 Å². The van der Waals surface area contributed by atoms with E-state index in [0.29, 0.717) is 6.54 Å². The fourth-order valence-corrected chi connectivity index (χ4v) is 2.65. The number of aryl methyl sites for hydroxylation is 2. The summed E-state index contributed by atoms with van der Waals surface area (Å²) in [5.41, 5.74) is 3.20. The molecule has 1 amide bonds. The predicted octanol–water partition coefficient (Wildman–Crippen LogP) is 3.64. The van der Waals surface area contributed by atoms with Crippen molar-refractivity contribution in [3.63, 3.8) is 0 Å². The highest BCUT2D eigenvalue weighted by atomic mass is 79.9. The van der Waals surface area contributed by atoms with Gasteiger partial charge in [-0.25, -0.2) is 0 Å². The minimum absolute atomic E-state index is 0.0198. The molecule has 0 radical (unpaired) electrons. The van der Waals surface area contributed by atoms with Gasteiger partial charge in [-0.1, -0.05) is 29.3 Å². The van der Waals surface area contributed by atoms with Crippen LogP contribution in [0.3, 0.4) is 0 Å². The van der Waals surface area contributed by atoms with Crippen LogP contribution < -0.4 is 9.88 Å². The lowest BCUT2D eigenvalue weighted by Gasteiger charge is -2.07. The van der Waals surface area contributed by atoms with E-state index in [1.54, 1.807) is 0 Å². The first-order valence-electron chi connectivity index (χ1n) is 7.12.